The Labute approximate surface area is 170 Å². The van der Waals surface area contributed by atoms with Gasteiger partial charge in [-0.15, -0.1) is 0 Å². The van der Waals surface area contributed by atoms with Crippen molar-refractivity contribution in [1.82, 2.24) is 10.4 Å². The summed E-state index contributed by atoms with van der Waals surface area (Å²) in [4.78, 5) is 13.0. The summed E-state index contributed by atoms with van der Waals surface area (Å²) in [5, 5.41) is 2.03. The van der Waals surface area contributed by atoms with Crippen molar-refractivity contribution in [3.8, 4) is 11.5 Å². The fraction of sp³-hybridized carbons (Fsp3) is 0.696. The summed E-state index contributed by atoms with van der Waals surface area (Å²) in [6, 6.07) is 3.89. The second-order valence-electron chi connectivity index (χ2n) is 7.93. The molecule has 1 aliphatic rings. The number of hydrazine groups is 1. The van der Waals surface area contributed by atoms with E-state index in [4.69, 9.17) is 9.47 Å². The summed E-state index contributed by atoms with van der Waals surface area (Å²) in [5.41, 5.74) is 4.74. The van der Waals surface area contributed by atoms with Crippen molar-refractivity contribution in [1.29, 1.82) is 0 Å². The monoisotopic (exact) mass is 390 g/mol. The fourth-order valence-corrected chi connectivity index (χ4v) is 3.31. The predicted molar refractivity (Wildman–Crippen MR) is 114 cm³/mol. The van der Waals surface area contributed by atoms with Crippen LogP contribution < -0.4 is 14.9 Å². The average molecular weight is 391 g/mol. The van der Waals surface area contributed by atoms with Gasteiger partial charge in [0.2, 0.25) is 0 Å². The summed E-state index contributed by atoms with van der Waals surface area (Å²) in [7, 11) is 0. The highest BCUT2D eigenvalue weighted by Crippen LogP contribution is 2.34. The minimum absolute atomic E-state index is 0.0876. The van der Waals surface area contributed by atoms with E-state index in [0.29, 0.717) is 24.5 Å². The molecule has 0 aliphatic carbocycles. The molecule has 0 atom stereocenters. The molecule has 1 fully saturated rings. The molecule has 2 rings (SSSR count). The first-order valence-corrected chi connectivity index (χ1v) is 11.1. The Morgan fingerprint density at radius 1 is 1.00 bits per heavy atom. The van der Waals surface area contributed by atoms with Crippen molar-refractivity contribution in [3.63, 3.8) is 0 Å². The van der Waals surface area contributed by atoms with Gasteiger partial charge in [0.1, 0.15) is 11.5 Å². The number of piperidine rings is 1. The Morgan fingerprint density at radius 2 is 1.61 bits per heavy atom. The molecule has 158 valence electrons. The Kier molecular flexibility index (Phi) is 9.62. The van der Waals surface area contributed by atoms with Gasteiger partial charge in [-0.1, -0.05) is 47.0 Å². The molecule has 1 aromatic rings. The number of ether oxygens (including phenoxy) is 2. The molecule has 1 aliphatic heterocycles. The Morgan fingerprint density at radius 3 is 2.18 bits per heavy atom. The van der Waals surface area contributed by atoms with Crippen LogP contribution in [0, 0.1) is 0 Å². The van der Waals surface area contributed by atoms with Gasteiger partial charge in [0.25, 0.3) is 5.91 Å². The standard InChI is InChI=1S/C23H38N2O3/c1-5-7-14-27-21-17-22(28-15-8-6-2)20(16-19(21)18(3)4)23(26)24-25-12-10-9-11-13-25/h16-18H,5-15H2,1-4H3,(H,24,26). The summed E-state index contributed by atoms with van der Waals surface area (Å²) in [6.07, 6.45) is 7.61. The van der Waals surface area contributed by atoms with Crippen LogP contribution in [0.2, 0.25) is 0 Å². The second-order valence-corrected chi connectivity index (χ2v) is 7.93. The van der Waals surface area contributed by atoms with Crippen molar-refractivity contribution < 1.29 is 14.3 Å². The van der Waals surface area contributed by atoms with Gasteiger partial charge in [0, 0.05) is 19.2 Å². The van der Waals surface area contributed by atoms with E-state index in [0.717, 1.165) is 62.9 Å². The highest BCUT2D eigenvalue weighted by Gasteiger charge is 2.21. The summed E-state index contributed by atoms with van der Waals surface area (Å²) >= 11 is 0. The van der Waals surface area contributed by atoms with Gasteiger partial charge < -0.3 is 9.47 Å². The largest absolute Gasteiger partial charge is 0.493 e. The van der Waals surface area contributed by atoms with Gasteiger partial charge in [-0.2, -0.15) is 0 Å². The highest BCUT2D eigenvalue weighted by atomic mass is 16.5. The van der Waals surface area contributed by atoms with Crippen molar-refractivity contribution >= 4 is 5.91 Å². The first-order valence-electron chi connectivity index (χ1n) is 11.1. The van der Waals surface area contributed by atoms with E-state index in [1.165, 1.54) is 6.42 Å². The number of benzene rings is 1. The molecular formula is C23H38N2O3. The van der Waals surface area contributed by atoms with Crippen LogP contribution in [0.1, 0.15) is 94.5 Å². The molecule has 1 saturated heterocycles. The summed E-state index contributed by atoms with van der Waals surface area (Å²) in [6.45, 7) is 11.7. The number of rotatable bonds is 11. The lowest BCUT2D eigenvalue weighted by molar-refractivity contribution is 0.0746. The van der Waals surface area contributed by atoms with E-state index in [9.17, 15) is 4.79 Å². The number of amides is 1. The summed E-state index contributed by atoms with van der Waals surface area (Å²) < 4.78 is 12.1. The Bertz CT molecular complexity index is 610. The smallest absolute Gasteiger partial charge is 0.269 e. The van der Waals surface area contributed by atoms with E-state index >= 15 is 0 Å². The molecular weight excluding hydrogens is 352 g/mol. The lowest BCUT2D eigenvalue weighted by atomic mass is 9.98. The summed E-state index contributed by atoms with van der Waals surface area (Å²) in [5.74, 6) is 1.64. The van der Waals surface area contributed by atoms with E-state index in [1.807, 2.05) is 17.1 Å². The third-order valence-corrected chi connectivity index (χ3v) is 5.11. The minimum atomic E-state index is -0.0876. The Balaban J connectivity index is 2.27. The van der Waals surface area contributed by atoms with Gasteiger partial charge >= 0.3 is 0 Å². The molecule has 1 N–H and O–H groups in total. The molecule has 1 aromatic carbocycles. The van der Waals surface area contributed by atoms with Gasteiger partial charge in [-0.05, 0) is 43.2 Å². The van der Waals surface area contributed by atoms with Crippen LogP contribution in [0.5, 0.6) is 11.5 Å². The number of carbonyl (C=O) groups excluding carboxylic acids is 1. The van der Waals surface area contributed by atoms with E-state index in [2.05, 4.69) is 33.1 Å². The molecule has 5 nitrogen and oxygen atoms in total. The topological polar surface area (TPSA) is 50.8 Å². The van der Waals surface area contributed by atoms with Crippen LogP contribution >= 0.6 is 0 Å². The zero-order chi connectivity index (χ0) is 20.4. The first-order chi connectivity index (χ1) is 13.6. The van der Waals surface area contributed by atoms with Crippen LogP contribution in [0.15, 0.2) is 12.1 Å². The number of hydrogen-bond acceptors (Lipinski definition) is 4. The molecule has 0 bridgehead atoms. The van der Waals surface area contributed by atoms with Gasteiger partial charge in [0.05, 0.1) is 18.8 Å². The lowest BCUT2D eigenvalue weighted by Gasteiger charge is -2.27. The predicted octanol–water partition coefficient (Wildman–Crippen LogP) is 5.30. The zero-order valence-electron chi connectivity index (χ0n) is 18.2. The quantitative estimate of drug-likeness (QED) is 0.521. The van der Waals surface area contributed by atoms with Crippen molar-refractivity contribution in [2.75, 3.05) is 26.3 Å². The SMILES string of the molecule is CCCCOc1cc(OCCCC)c(C(C)C)cc1C(=O)NN1CCCCC1. The average Bonchev–Trinajstić information content (AvgIpc) is 2.69. The van der Waals surface area contributed by atoms with Crippen molar-refractivity contribution in [2.24, 2.45) is 0 Å². The van der Waals surface area contributed by atoms with Crippen LogP contribution in [-0.2, 0) is 0 Å². The minimum Gasteiger partial charge on any atom is -0.493 e. The fourth-order valence-electron chi connectivity index (χ4n) is 3.31. The lowest BCUT2D eigenvalue weighted by Crippen LogP contribution is -2.45. The van der Waals surface area contributed by atoms with Crippen molar-refractivity contribution in [2.45, 2.75) is 78.6 Å². The van der Waals surface area contributed by atoms with Gasteiger partial charge in [-0.3, -0.25) is 10.2 Å². The van der Waals surface area contributed by atoms with Crippen molar-refractivity contribution in [3.05, 3.63) is 23.3 Å². The molecule has 0 radical (unpaired) electrons. The maximum Gasteiger partial charge on any atom is 0.269 e. The maximum absolute atomic E-state index is 13.0. The molecule has 1 amide bonds. The molecule has 28 heavy (non-hydrogen) atoms. The van der Waals surface area contributed by atoms with Crippen LogP contribution in [-0.4, -0.2) is 37.2 Å². The van der Waals surface area contributed by atoms with Crippen LogP contribution in [0.4, 0.5) is 0 Å². The van der Waals surface area contributed by atoms with E-state index < -0.39 is 0 Å². The molecule has 0 saturated carbocycles. The van der Waals surface area contributed by atoms with Gasteiger partial charge in [0.15, 0.2) is 0 Å². The van der Waals surface area contributed by atoms with Crippen LogP contribution in [0.25, 0.3) is 0 Å². The highest BCUT2D eigenvalue weighted by molar-refractivity contribution is 5.97. The number of nitrogens with zero attached hydrogens (tertiary/aromatic N) is 1. The second kappa shape index (κ2) is 11.9. The molecule has 1 heterocycles. The first kappa shape index (κ1) is 22.5. The molecule has 5 heteroatoms. The Hall–Kier alpha value is -1.75. The van der Waals surface area contributed by atoms with E-state index in [-0.39, 0.29) is 11.8 Å². The third-order valence-electron chi connectivity index (χ3n) is 5.11. The normalized spacial score (nSPS) is 14.9. The molecule has 0 spiro atoms. The van der Waals surface area contributed by atoms with Gasteiger partial charge in [-0.25, -0.2) is 5.01 Å². The third kappa shape index (κ3) is 6.69. The maximum atomic E-state index is 13.0. The number of nitrogens with one attached hydrogen (secondary N) is 1. The van der Waals surface area contributed by atoms with Crippen LogP contribution in [0.3, 0.4) is 0 Å². The van der Waals surface area contributed by atoms with E-state index in [1.54, 1.807) is 0 Å². The number of hydrogen-bond donors (Lipinski definition) is 1. The number of carbonyl (C=O) groups is 1. The molecule has 0 unspecified atom stereocenters. The number of unbranched alkanes of at least 4 members (excludes halogenated alkanes) is 2. The molecule has 0 aromatic heterocycles. The zero-order valence-corrected chi connectivity index (χ0v) is 18.2.